The van der Waals surface area contributed by atoms with E-state index < -0.39 is 0 Å². The molecule has 0 spiro atoms. The zero-order valence-electron chi connectivity index (χ0n) is 6.17. The molecule has 0 aromatic rings. The topological polar surface area (TPSA) is 0 Å². The van der Waals surface area contributed by atoms with Crippen LogP contribution in [0.15, 0.2) is 24.6 Å². The van der Waals surface area contributed by atoms with Gasteiger partial charge in [0.2, 0.25) is 0 Å². The molecule has 0 saturated carbocycles. The second-order valence-corrected chi connectivity index (χ2v) is 2.75. The molecule has 0 unspecified atom stereocenters. The summed E-state index contributed by atoms with van der Waals surface area (Å²) in [7, 11) is 2.21. The molecule has 0 radical (unpaired) electrons. The zero-order chi connectivity index (χ0) is 6.74. The third-order valence-electron chi connectivity index (χ3n) is 1.67. The lowest BCUT2D eigenvalue weighted by molar-refractivity contribution is -0.804. The third kappa shape index (κ3) is 1.42. The van der Waals surface area contributed by atoms with Crippen LogP contribution in [0, 0.1) is 0 Å². The van der Waals surface area contributed by atoms with Crippen molar-refractivity contribution in [3.05, 3.63) is 24.6 Å². The van der Waals surface area contributed by atoms with Gasteiger partial charge < -0.3 is 0 Å². The maximum atomic E-state index is 2.21. The Labute approximate surface area is 56.9 Å². The molecule has 1 nitrogen and oxygen atoms in total. The summed E-state index contributed by atoms with van der Waals surface area (Å²) in [5.41, 5.74) is 0. The minimum atomic E-state index is 0.983. The Balaban J connectivity index is 2.53. The van der Waals surface area contributed by atoms with Crippen LogP contribution in [0.4, 0.5) is 0 Å². The van der Waals surface area contributed by atoms with Gasteiger partial charge in [-0.2, -0.15) is 0 Å². The average molecular weight is 124 g/mol. The van der Waals surface area contributed by atoms with Gasteiger partial charge in [-0.1, -0.05) is 6.92 Å². The van der Waals surface area contributed by atoms with Crippen LogP contribution in [-0.4, -0.2) is 18.1 Å². The molecule has 1 heteroatoms. The van der Waals surface area contributed by atoms with Crippen molar-refractivity contribution >= 4 is 0 Å². The quantitative estimate of drug-likeness (QED) is 0.493. The minimum Gasteiger partial charge on any atom is -0.273 e. The Morgan fingerprint density at radius 3 is 2.22 bits per heavy atom. The summed E-state index contributed by atoms with van der Waals surface area (Å²) in [4.78, 5) is 0. The Morgan fingerprint density at radius 1 is 1.22 bits per heavy atom. The Kier molecular flexibility index (Phi) is 1.72. The second-order valence-electron chi connectivity index (χ2n) is 2.75. The molecule has 0 amide bonds. The molecule has 50 valence electrons. The molecule has 0 N–H and O–H groups in total. The predicted molar refractivity (Wildman–Crippen MR) is 39.6 cm³/mol. The molecule has 0 aromatic heterocycles. The van der Waals surface area contributed by atoms with E-state index in [0.717, 1.165) is 4.48 Å². The zero-order valence-corrected chi connectivity index (χ0v) is 6.17. The van der Waals surface area contributed by atoms with Crippen molar-refractivity contribution in [2.45, 2.75) is 13.3 Å². The van der Waals surface area contributed by atoms with Crippen LogP contribution in [0.1, 0.15) is 13.3 Å². The van der Waals surface area contributed by atoms with E-state index in [4.69, 9.17) is 0 Å². The number of nitrogens with zero attached hydrogens (tertiary/aromatic N) is 1. The molecule has 0 fully saturated rings. The minimum absolute atomic E-state index is 0.983. The maximum Gasteiger partial charge on any atom is 0.100 e. The molecular weight excluding hydrogens is 110 g/mol. The molecule has 0 atom stereocenters. The van der Waals surface area contributed by atoms with Gasteiger partial charge in [-0.3, -0.25) is 4.48 Å². The molecule has 1 heterocycles. The highest BCUT2D eigenvalue weighted by Gasteiger charge is 2.15. The first-order valence-electron chi connectivity index (χ1n) is 3.49. The van der Waals surface area contributed by atoms with Gasteiger partial charge in [-0.15, -0.1) is 0 Å². The van der Waals surface area contributed by atoms with Gasteiger partial charge in [0, 0.05) is 0 Å². The van der Waals surface area contributed by atoms with Crippen molar-refractivity contribution in [3.63, 3.8) is 0 Å². The van der Waals surface area contributed by atoms with Crippen LogP contribution in [0.5, 0.6) is 0 Å². The fourth-order valence-corrected chi connectivity index (χ4v) is 1.17. The van der Waals surface area contributed by atoms with E-state index in [1.54, 1.807) is 0 Å². The lowest BCUT2D eigenvalue weighted by atomic mass is 10.4. The highest BCUT2D eigenvalue weighted by Crippen LogP contribution is 2.11. The molecule has 0 aromatic carbocycles. The third-order valence-corrected chi connectivity index (χ3v) is 1.67. The first kappa shape index (κ1) is 6.56. The summed E-state index contributed by atoms with van der Waals surface area (Å²) >= 11 is 0. The van der Waals surface area contributed by atoms with E-state index in [0.29, 0.717) is 0 Å². The van der Waals surface area contributed by atoms with Crippen molar-refractivity contribution in [1.82, 2.24) is 0 Å². The van der Waals surface area contributed by atoms with E-state index in [1.807, 2.05) is 0 Å². The van der Waals surface area contributed by atoms with Crippen LogP contribution >= 0.6 is 0 Å². The fraction of sp³-hybridized carbons (Fsp3) is 0.500. The maximum absolute atomic E-state index is 2.21. The van der Waals surface area contributed by atoms with Crippen molar-refractivity contribution in [2.75, 3.05) is 13.6 Å². The fourth-order valence-electron chi connectivity index (χ4n) is 1.17. The average Bonchev–Trinajstić information content (AvgIpc) is 2.16. The SMILES string of the molecule is CCC[N+]1(C)C=CC=C1. The van der Waals surface area contributed by atoms with Crippen molar-refractivity contribution in [2.24, 2.45) is 0 Å². The van der Waals surface area contributed by atoms with E-state index >= 15 is 0 Å². The van der Waals surface area contributed by atoms with Crippen LogP contribution in [0.2, 0.25) is 0 Å². The van der Waals surface area contributed by atoms with Crippen molar-refractivity contribution in [1.29, 1.82) is 0 Å². The van der Waals surface area contributed by atoms with Crippen LogP contribution in [-0.2, 0) is 0 Å². The Bertz CT molecular complexity index is 133. The smallest absolute Gasteiger partial charge is 0.100 e. The van der Waals surface area contributed by atoms with Crippen molar-refractivity contribution in [3.8, 4) is 0 Å². The summed E-state index contributed by atoms with van der Waals surface area (Å²) in [6.45, 7) is 3.43. The largest absolute Gasteiger partial charge is 0.273 e. The molecule has 0 saturated heterocycles. The Hall–Kier alpha value is -0.560. The normalized spacial score (nSPS) is 21.1. The number of quaternary nitrogens is 1. The summed E-state index contributed by atoms with van der Waals surface area (Å²) < 4.78 is 0.983. The molecule has 1 aliphatic rings. The molecule has 9 heavy (non-hydrogen) atoms. The highest BCUT2D eigenvalue weighted by molar-refractivity contribution is 5.03. The van der Waals surface area contributed by atoms with Crippen LogP contribution < -0.4 is 0 Å². The van der Waals surface area contributed by atoms with Gasteiger partial charge in [0.15, 0.2) is 0 Å². The van der Waals surface area contributed by atoms with E-state index in [2.05, 4.69) is 38.5 Å². The number of allylic oxidation sites excluding steroid dienone is 2. The lowest BCUT2D eigenvalue weighted by Crippen LogP contribution is -2.30. The van der Waals surface area contributed by atoms with E-state index in [1.165, 1.54) is 13.0 Å². The van der Waals surface area contributed by atoms with Crippen LogP contribution in [0.25, 0.3) is 0 Å². The van der Waals surface area contributed by atoms with Gasteiger partial charge in [-0.25, -0.2) is 0 Å². The number of hydrogen-bond donors (Lipinski definition) is 0. The van der Waals surface area contributed by atoms with E-state index in [-0.39, 0.29) is 0 Å². The second kappa shape index (κ2) is 2.36. The summed E-state index contributed by atoms with van der Waals surface area (Å²) in [5, 5.41) is 0. The van der Waals surface area contributed by atoms with Gasteiger partial charge in [0.05, 0.1) is 13.6 Å². The van der Waals surface area contributed by atoms with Gasteiger partial charge >= 0.3 is 0 Å². The van der Waals surface area contributed by atoms with Crippen molar-refractivity contribution < 1.29 is 4.48 Å². The first-order valence-corrected chi connectivity index (χ1v) is 3.49. The highest BCUT2D eigenvalue weighted by atomic mass is 15.3. The van der Waals surface area contributed by atoms with E-state index in [9.17, 15) is 0 Å². The van der Waals surface area contributed by atoms with Crippen LogP contribution in [0.3, 0.4) is 0 Å². The van der Waals surface area contributed by atoms with Gasteiger partial charge in [0.1, 0.15) is 12.4 Å². The van der Waals surface area contributed by atoms with Gasteiger partial charge in [0.25, 0.3) is 0 Å². The summed E-state index contributed by atoms with van der Waals surface area (Å²) in [5.74, 6) is 0. The predicted octanol–water partition coefficient (Wildman–Crippen LogP) is 1.88. The number of hydrogen-bond acceptors (Lipinski definition) is 0. The number of rotatable bonds is 2. The molecular formula is C8H14N+. The molecule has 0 aliphatic carbocycles. The summed E-state index contributed by atoms with van der Waals surface area (Å²) in [6, 6.07) is 0. The summed E-state index contributed by atoms with van der Waals surface area (Å²) in [6.07, 6.45) is 9.88. The molecule has 1 aliphatic heterocycles. The monoisotopic (exact) mass is 124 g/mol. The Morgan fingerprint density at radius 2 is 1.78 bits per heavy atom. The van der Waals surface area contributed by atoms with Gasteiger partial charge in [-0.05, 0) is 18.6 Å². The standard InChI is InChI=1S/C8H14N/c1-3-6-9(2)7-4-5-8-9/h4-5,7-8H,3,6H2,1-2H3/q+1. The molecule has 0 bridgehead atoms. The first-order chi connectivity index (χ1) is 4.27. The lowest BCUT2D eigenvalue weighted by Gasteiger charge is -2.21. The molecule has 1 rings (SSSR count).